The number of aromatic nitrogens is 2. The maximum absolute atomic E-state index is 12.7. The zero-order valence-electron chi connectivity index (χ0n) is 12.5. The van der Waals surface area contributed by atoms with Crippen LogP contribution in [0.1, 0.15) is 15.9 Å². The van der Waals surface area contributed by atoms with Crippen LogP contribution in [0.4, 0.5) is 0 Å². The Bertz CT molecular complexity index is 1140. The molecule has 4 heteroatoms. The van der Waals surface area contributed by atoms with Crippen LogP contribution in [0.25, 0.3) is 33.5 Å². The molecular formula is C20H11BrN2O. The highest BCUT2D eigenvalue weighted by atomic mass is 79.9. The average molecular weight is 375 g/mol. The van der Waals surface area contributed by atoms with Crippen LogP contribution in [0.2, 0.25) is 0 Å². The van der Waals surface area contributed by atoms with Gasteiger partial charge < -0.3 is 4.98 Å². The zero-order chi connectivity index (χ0) is 16.3. The van der Waals surface area contributed by atoms with Gasteiger partial charge in [0.1, 0.15) is 5.82 Å². The molecule has 3 aromatic carbocycles. The van der Waals surface area contributed by atoms with E-state index in [1.54, 1.807) is 0 Å². The summed E-state index contributed by atoms with van der Waals surface area (Å²) in [6.07, 6.45) is 0. The summed E-state index contributed by atoms with van der Waals surface area (Å²) in [5, 5.41) is 0. The van der Waals surface area contributed by atoms with Gasteiger partial charge in [0.05, 0.1) is 11.0 Å². The molecule has 0 fully saturated rings. The SMILES string of the molecule is O=C1c2ccccc2-c2c1cccc2-c1nc2ccc(Br)cc2[nH]1. The number of carbonyl (C=O) groups is 1. The Morgan fingerprint density at radius 1 is 0.833 bits per heavy atom. The third-order valence-corrected chi connectivity index (χ3v) is 4.94. The summed E-state index contributed by atoms with van der Waals surface area (Å²) in [5.41, 5.74) is 6.29. The number of nitrogens with zero attached hydrogens (tertiary/aromatic N) is 1. The number of imidazole rings is 1. The first-order chi connectivity index (χ1) is 11.7. The van der Waals surface area contributed by atoms with Crippen molar-refractivity contribution in [3.8, 4) is 22.5 Å². The summed E-state index contributed by atoms with van der Waals surface area (Å²) in [4.78, 5) is 20.7. The minimum Gasteiger partial charge on any atom is -0.338 e. The predicted molar refractivity (Wildman–Crippen MR) is 98.1 cm³/mol. The topological polar surface area (TPSA) is 45.8 Å². The van der Waals surface area contributed by atoms with E-state index in [2.05, 4.69) is 20.9 Å². The fraction of sp³-hybridized carbons (Fsp3) is 0. The standard InChI is InChI=1S/C20H11BrN2O/c21-11-8-9-16-17(10-11)23-20(22-16)15-7-3-6-14-18(15)12-4-1-2-5-13(12)19(14)24/h1-10H,(H,22,23). The molecule has 0 unspecified atom stereocenters. The molecular weight excluding hydrogens is 364 g/mol. The second kappa shape index (κ2) is 4.89. The number of H-pyrrole nitrogens is 1. The number of hydrogen-bond acceptors (Lipinski definition) is 2. The molecule has 1 aromatic heterocycles. The number of carbonyl (C=O) groups excluding carboxylic acids is 1. The monoisotopic (exact) mass is 374 g/mol. The number of aromatic amines is 1. The number of hydrogen-bond donors (Lipinski definition) is 1. The van der Waals surface area contributed by atoms with Gasteiger partial charge >= 0.3 is 0 Å². The fourth-order valence-electron chi connectivity index (χ4n) is 3.38. The molecule has 0 saturated carbocycles. The molecule has 1 aliphatic rings. The van der Waals surface area contributed by atoms with Crippen molar-refractivity contribution in [2.24, 2.45) is 0 Å². The van der Waals surface area contributed by atoms with Crippen molar-refractivity contribution in [3.63, 3.8) is 0 Å². The van der Waals surface area contributed by atoms with Gasteiger partial charge in [0.25, 0.3) is 0 Å². The highest BCUT2D eigenvalue weighted by molar-refractivity contribution is 9.10. The smallest absolute Gasteiger partial charge is 0.194 e. The molecule has 1 heterocycles. The highest BCUT2D eigenvalue weighted by Crippen LogP contribution is 2.42. The van der Waals surface area contributed by atoms with Crippen LogP contribution >= 0.6 is 15.9 Å². The van der Waals surface area contributed by atoms with Gasteiger partial charge in [-0.2, -0.15) is 0 Å². The Hall–Kier alpha value is -2.72. The number of halogens is 1. The quantitative estimate of drug-likeness (QED) is 0.438. The number of rotatable bonds is 1. The van der Waals surface area contributed by atoms with Crippen LogP contribution in [-0.4, -0.2) is 15.8 Å². The molecule has 3 nitrogen and oxygen atoms in total. The van der Waals surface area contributed by atoms with E-state index in [-0.39, 0.29) is 5.78 Å². The van der Waals surface area contributed by atoms with Crippen molar-refractivity contribution >= 4 is 32.7 Å². The van der Waals surface area contributed by atoms with E-state index >= 15 is 0 Å². The normalized spacial score (nSPS) is 12.5. The van der Waals surface area contributed by atoms with Crippen molar-refractivity contribution in [1.29, 1.82) is 0 Å². The lowest BCUT2D eigenvalue weighted by molar-refractivity contribution is 0.104. The average Bonchev–Trinajstić information content (AvgIpc) is 3.15. The first kappa shape index (κ1) is 13.7. The minimum atomic E-state index is 0.0845. The summed E-state index contributed by atoms with van der Waals surface area (Å²) in [7, 11) is 0. The van der Waals surface area contributed by atoms with Gasteiger partial charge in [-0.25, -0.2) is 4.98 Å². The number of benzene rings is 3. The van der Waals surface area contributed by atoms with Gasteiger partial charge in [0, 0.05) is 26.7 Å². The van der Waals surface area contributed by atoms with Crippen LogP contribution in [0.15, 0.2) is 65.1 Å². The van der Waals surface area contributed by atoms with Crippen LogP contribution in [0, 0.1) is 0 Å². The Labute approximate surface area is 146 Å². The molecule has 0 aliphatic heterocycles. The first-order valence-electron chi connectivity index (χ1n) is 7.65. The van der Waals surface area contributed by atoms with Crippen molar-refractivity contribution in [1.82, 2.24) is 9.97 Å². The Balaban J connectivity index is 1.81. The molecule has 0 spiro atoms. The van der Waals surface area contributed by atoms with E-state index in [0.717, 1.165) is 49.1 Å². The third kappa shape index (κ3) is 1.83. The van der Waals surface area contributed by atoms with Crippen LogP contribution in [0.5, 0.6) is 0 Å². The maximum atomic E-state index is 12.7. The predicted octanol–water partition coefficient (Wildman–Crippen LogP) is 5.20. The molecule has 4 aromatic rings. The van der Waals surface area contributed by atoms with Gasteiger partial charge in [0.2, 0.25) is 0 Å². The number of fused-ring (bicyclic) bond motifs is 4. The van der Waals surface area contributed by atoms with Crippen LogP contribution in [0.3, 0.4) is 0 Å². The van der Waals surface area contributed by atoms with Gasteiger partial charge in [-0.05, 0) is 23.8 Å². The lowest BCUT2D eigenvalue weighted by Gasteiger charge is -2.06. The van der Waals surface area contributed by atoms with E-state index in [0.29, 0.717) is 0 Å². The van der Waals surface area contributed by atoms with E-state index < -0.39 is 0 Å². The van der Waals surface area contributed by atoms with Crippen molar-refractivity contribution in [3.05, 3.63) is 76.3 Å². The van der Waals surface area contributed by atoms with Gasteiger partial charge in [0.15, 0.2) is 5.78 Å². The molecule has 1 N–H and O–H groups in total. The summed E-state index contributed by atoms with van der Waals surface area (Å²) in [5.74, 6) is 0.866. The molecule has 1 aliphatic carbocycles. The lowest BCUT2D eigenvalue weighted by Crippen LogP contribution is -1.94. The van der Waals surface area contributed by atoms with Gasteiger partial charge in [-0.3, -0.25) is 4.79 Å². The van der Waals surface area contributed by atoms with Crippen LogP contribution in [-0.2, 0) is 0 Å². The molecule has 5 rings (SSSR count). The summed E-state index contributed by atoms with van der Waals surface area (Å²) < 4.78 is 1.00. The maximum Gasteiger partial charge on any atom is 0.194 e. The Morgan fingerprint density at radius 3 is 2.46 bits per heavy atom. The summed E-state index contributed by atoms with van der Waals surface area (Å²) in [6, 6.07) is 19.5. The van der Waals surface area contributed by atoms with Crippen LogP contribution < -0.4 is 0 Å². The fourth-order valence-corrected chi connectivity index (χ4v) is 3.74. The summed E-state index contributed by atoms with van der Waals surface area (Å²) >= 11 is 3.48. The molecule has 0 saturated heterocycles. The first-order valence-corrected chi connectivity index (χ1v) is 8.44. The molecule has 24 heavy (non-hydrogen) atoms. The zero-order valence-corrected chi connectivity index (χ0v) is 14.1. The van der Waals surface area contributed by atoms with E-state index in [1.807, 2.05) is 60.7 Å². The minimum absolute atomic E-state index is 0.0845. The molecule has 0 atom stereocenters. The second-order valence-corrected chi connectivity index (χ2v) is 6.77. The molecule has 0 amide bonds. The molecule has 0 radical (unpaired) electrons. The Morgan fingerprint density at radius 2 is 1.58 bits per heavy atom. The third-order valence-electron chi connectivity index (χ3n) is 4.45. The number of nitrogens with one attached hydrogen (secondary N) is 1. The van der Waals surface area contributed by atoms with Crippen molar-refractivity contribution in [2.45, 2.75) is 0 Å². The molecule has 0 bridgehead atoms. The van der Waals surface area contributed by atoms with Crippen molar-refractivity contribution in [2.75, 3.05) is 0 Å². The summed E-state index contributed by atoms with van der Waals surface area (Å²) in [6.45, 7) is 0. The van der Waals surface area contributed by atoms with E-state index in [4.69, 9.17) is 4.98 Å². The number of ketones is 1. The largest absolute Gasteiger partial charge is 0.338 e. The highest BCUT2D eigenvalue weighted by Gasteiger charge is 2.29. The van der Waals surface area contributed by atoms with E-state index in [1.165, 1.54) is 0 Å². The lowest BCUT2D eigenvalue weighted by atomic mass is 9.99. The van der Waals surface area contributed by atoms with E-state index in [9.17, 15) is 4.79 Å². The Kier molecular flexibility index (Phi) is 2.79. The second-order valence-electron chi connectivity index (χ2n) is 5.85. The van der Waals surface area contributed by atoms with Gasteiger partial charge in [-0.1, -0.05) is 58.4 Å². The molecule has 114 valence electrons. The van der Waals surface area contributed by atoms with Crippen molar-refractivity contribution < 1.29 is 4.79 Å². The van der Waals surface area contributed by atoms with Gasteiger partial charge in [-0.15, -0.1) is 0 Å².